The monoisotopic (exact) mass is 403 g/mol. The summed E-state index contributed by atoms with van der Waals surface area (Å²) in [6.45, 7) is 11.0. The second-order valence-corrected chi connectivity index (χ2v) is 8.49. The van der Waals surface area contributed by atoms with Crippen LogP contribution in [0.1, 0.15) is 28.8 Å². The zero-order valence-corrected chi connectivity index (χ0v) is 18.3. The van der Waals surface area contributed by atoms with Crippen molar-refractivity contribution in [1.29, 1.82) is 0 Å². The van der Waals surface area contributed by atoms with Crippen molar-refractivity contribution in [3.63, 3.8) is 0 Å². The van der Waals surface area contributed by atoms with Gasteiger partial charge in [0.05, 0.1) is 12.0 Å². The van der Waals surface area contributed by atoms with Crippen molar-refractivity contribution in [1.82, 2.24) is 9.97 Å². The van der Waals surface area contributed by atoms with Gasteiger partial charge in [-0.15, -0.1) is 11.3 Å². The van der Waals surface area contributed by atoms with Crippen molar-refractivity contribution in [2.24, 2.45) is 0 Å². The summed E-state index contributed by atoms with van der Waals surface area (Å²) in [7, 11) is 0. The van der Waals surface area contributed by atoms with E-state index in [1.807, 2.05) is 26.0 Å². The molecule has 0 bridgehead atoms. The van der Waals surface area contributed by atoms with Crippen LogP contribution < -0.4 is 10.1 Å². The normalized spacial score (nSPS) is 11.1. The number of hydrogen-bond acceptors (Lipinski definition) is 5. The van der Waals surface area contributed by atoms with Crippen LogP contribution in [0.15, 0.2) is 42.5 Å². The number of hydrogen-bond donors (Lipinski definition) is 1. The number of fused-ring (bicyclic) bond motifs is 1. The summed E-state index contributed by atoms with van der Waals surface area (Å²) in [6, 6.07) is 14.7. The molecule has 0 aliphatic heterocycles. The first-order valence-electron chi connectivity index (χ1n) is 9.81. The number of aryl methyl sites for hydroxylation is 4. The van der Waals surface area contributed by atoms with Crippen molar-refractivity contribution in [3.8, 4) is 16.9 Å². The fourth-order valence-electron chi connectivity index (χ4n) is 3.72. The molecule has 0 spiro atoms. The Labute approximate surface area is 175 Å². The standard InChI is InChI=1S/C24H25N3OS/c1-6-28-20-9-7-18(8-10-20)21-16(4)29-24-22(21)23(25-17(5)26-24)27-19-12-14(2)11-15(3)13-19/h7-13H,6H2,1-5H3,(H,25,26,27). The smallest absolute Gasteiger partial charge is 0.143 e. The summed E-state index contributed by atoms with van der Waals surface area (Å²) in [5.74, 6) is 2.50. The molecule has 4 aromatic rings. The third-order valence-corrected chi connectivity index (χ3v) is 5.78. The number of thiophene rings is 1. The number of benzene rings is 2. The number of rotatable bonds is 5. The minimum atomic E-state index is 0.664. The van der Waals surface area contributed by atoms with E-state index in [0.717, 1.165) is 38.9 Å². The van der Waals surface area contributed by atoms with E-state index in [9.17, 15) is 0 Å². The largest absolute Gasteiger partial charge is 0.494 e. The average molecular weight is 404 g/mol. The summed E-state index contributed by atoms with van der Waals surface area (Å²) in [6.07, 6.45) is 0. The average Bonchev–Trinajstić information content (AvgIpc) is 2.97. The fraction of sp³-hybridized carbons (Fsp3) is 0.250. The fourth-order valence-corrected chi connectivity index (χ4v) is 4.81. The Hall–Kier alpha value is -2.92. The Morgan fingerprint density at radius 2 is 1.62 bits per heavy atom. The van der Waals surface area contributed by atoms with Gasteiger partial charge in [-0.1, -0.05) is 18.2 Å². The summed E-state index contributed by atoms with van der Waals surface area (Å²) >= 11 is 1.71. The lowest BCUT2D eigenvalue weighted by Crippen LogP contribution is -1.99. The maximum absolute atomic E-state index is 5.60. The summed E-state index contributed by atoms with van der Waals surface area (Å²) in [5.41, 5.74) is 5.82. The van der Waals surface area contributed by atoms with Crippen LogP contribution in [0.2, 0.25) is 0 Å². The van der Waals surface area contributed by atoms with Crippen LogP contribution in [0.25, 0.3) is 21.3 Å². The highest BCUT2D eigenvalue weighted by Gasteiger charge is 2.18. The molecule has 2 aromatic heterocycles. The minimum Gasteiger partial charge on any atom is -0.494 e. The Kier molecular flexibility index (Phi) is 5.24. The van der Waals surface area contributed by atoms with Crippen molar-refractivity contribution in [3.05, 3.63) is 64.3 Å². The molecule has 0 aliphatic rings. The molecule has 0 aliphatic carbocycles. The topological polar surface area (TPSA) is 47.0 Å². The van der Waals surface area contributed by atoms with E-state index in [0.29, 0.717) is 6.61 Å². The number of ether oxygens (including phenoxy) is 1. The summed E-state index contributed by atoms with van der Waals surface area (Å²) in [4.78, 5) is 11.7. The van der Waals surface area contributed by atoms with E-state index >= 15 is 0 Å². The van der Waals surface area contributed by atoms with Crippen LogP contribution in [0.4, 0.5) is 11.5 Å². The molecule has 0 radical (unpaired) electrons. The molecular weight excluding hydrogens is 378 g/mol. The molecule has 1 N–H and O–H groups in total. The van der Waals surface area contributed by atoms with E-state index in [1.165, 1.54) is 21.6 Å². The Morgan fingerprint density at radius 3 is 2.28 bits per heavy atom. The lowest BCUT2D eigenvalue weighted by molar-refractivity contribution is 0.340. The maximum atomic E-state index is 5.60. The van der Waals surface area contributed by atoms with Crippen molar-refractivity contribution in [2.45, 2.75) is 34.6 Å². The predicted molar refractivity (Wildman–Crippen MR) is 123 cm³/mol. The second kappa shape index (κ2) is 7.84. The first-order chi connectivity index (χ1) is 13.9. The Morgan fingerprint density at radius 1 is 0.931 bits per heavy atom. The van der Waals surface area contributed by atoms with Gasteiger partial charge in [-0.05, 0) is 75.6 Å². The van der Waals surface area contributed by atoms with E-state index < -0.39 is 0 Å². The van der Waals surface area contributed by atoms with Crippen LogP contribution >= 0.6 is 11.3 Å². The third kappa shape index (κ3) is 3.96. The molecule has 0 fully saturated rings. The highest BCUT2D eigenvalue weighted by atomic mass is 32.1. The zero-order valence-electron chi connectivity index (χ0n) is 17.5. The predicted octanol–water partition coefficient (Wildman–Crippen LogP) is 6.73. The molecule has 148 valence electrons. The van der Waals surface area contributed by atoms with Gasteiger partial charge < -0.3 is 10.1 Å². The molecular formula is C24H25N3OS. The highest BCUT2D eigenvalue weighted by molar-refractivity contribution is 7.19. The quantitative estimate of drug-likeness (QED) is 0.401. The molecule has 4 rings (SSSR count). The number of anilines is 2. The summed E-state index contributed by atoms with van der Waals surface area (Å²) < 4.78 is 5.60. The van der Waals surface area contributed by atoms with Crippen molar-refractivity contribution < 1.29 is 4.74 Å². The molecule has 2 heterocycles. The first-order valence-corrected chi connectivity index (χ1v) is 10.6. The molecule has 2 aromatic carbocycles. The van der Waals surface area contributed by atoms with Gasteiger partial charge in [0, 0.05) is 16.1 Å². The van der Waals surface area contributed by atoms with Gasteiger partial charge >= 0.3 is 0 Å². The summed E-state index contributed by atoms with van der Waals surface area (Å²) in [5, 5.41) is 4.63. The third-order valence-electron chi connectivity index (χ3n) is 4.78. The highest BCUT2D eigenvalue weighted by Crippen LogP contribution is 2.41. The minimum absolute atomic E-state index is 0.664. The number of nitrogens with one attached hydrogen (secondary N) is 1. The van der Waals surface area contributed by atoms with Crippen molar-refractivity contribution in [2.75, 3.05) is 11.9 Å². The molecule has 29 heavy (non-hydrogen) atoms. The van der Waals surface area contributed by atoms with E-state index in [1.54, 1.807) is 11.3 Å². The van der Waals surface area contributed by atoms with Gasteiger partial charge in [-0.25, -0.2) is 9.97 Å². The van der Waals surface area contributed by atoms with Crippen LogP contribution in [-0.4, -0.2) is 16.6 Å². The van der Waals surface area contributed by atoms with Crippen LogP contribution in [0, 0.1) is 27.7 Å². The number of nitrogens with zero attached hydrogens (tertiary/aromatic N) is 2. The van der Waals surface area contributed by atoms with Gasteiger partial charge in [0.15, 0.2) is 0 Å². The zero-order chi connectivity index (χ0) is 20.5. The molecule has 0 unspecified atom stereocenters. The molecule has 4 nitrogen and oxygen atoms in total. The molecule has 5 heteroatoms. The molecule has 0 amide bonds. The Bertz CT molecular complexity index is 1160. The van der Waals surface area contributed by atoms with Crippen molar-refractivity contribution >= 4 is 33.1 Å². The maximum Gasteiger partial charge on any atom is 0.143 e. The molecule has 0 saturated carbocycles. The van der Waals surface area contributed by atoms with Crippen LogP contribution in [0.3, 0.4) is 0 Å². The van der Waals surface area contributed by atoms with Gasteiger partial charge in [0.2, 0.25) is 0 Å². The van der Waals surface area contributed by atoms with E-state index in [2.05, 4.69) is 56.4 Å². The van der Waals surface area contributed by atoms with Gasteiger partial charge in [0.1, 0.15) is 22.2 Å². The van der Waals surface area contributed by atoms with Crippen LogP contribution in [0.5, 0.6) is 5.75 Å². The molecule has 0 saturated heterocycles. The SMILES string of the molecule is CCOc1ccc(-c2c(C)sc3nc(C)nc(Nc4cc(C)cc(C)c4)c23)cc1. The van der Waals surface area contributed by atoms with Crippen LogP contribution in [-0.2, 0) is 0 Å². The lowest BCUT2D eigenvalue weighted by Gasteiger charge is -2.12. The lowest BCUT2D eigenvalue weighted by atomic mass is 10.0. The Balaban J connectivity index is 1.86. The number of aromatic nitrogens is 2. The van der Waals surface area contributed by atoms with E-state index in [-0.39, 0.29) is 0 Å². The van der Waals surface area contributed by atoms with Gasteiger partial charge in [-0.3, -0.25) is 0 Å². The second-order valence-electron chi connectivity index (χ2n) is 7.29. The molecule has 0 atom stereocenters. The van der Waals surface area contributed by atoms with Gasteiger partial charge in [-0.2, -0.15) is 0 Å². The first kappa shape index (κ1) is 19.4. The van der Waals surface area contributed by atoms with E-state index in [4.69, 9.17) is 14.7 Å². The van der Waals surface area contributed by atoms with Gasteiger partial charge in [0.25, 0.3) is 0 Å².